The summed E-state index contributed by atoms with van der Waals surface area (Å²) in [6, 6.07) is 5.74. The molecular weight excluding hydrogens is 318 g/mol. The molecule has 0 radical (unpaired) electrons. The van der Waals surface area contributed by atoms with Crippen molar-refractivity contribution in [3.63, 3.8) is 0 Å². The van der Waals surface area contributed by atoms with E-state index in [9.17, 15) is 9.59 Å². The molecule has 0 atom stereocenters. The van der Waals surface area contributed by atoms with Crippen LogP contribution in [0.1, 0.15) is 41.6 Å². The average Bonchev–Trinajstić information content (AvgIpc) is 3.02. The van der Waals surface area contributed by atoms with Gasteiger partial charge in [0.05, 0.1) is 12.7 Å². The summed E-state index contributed by atoms with van der Waals surface area (Å²) < 4.78 is 4.76. The number of ether oxygens (including phenoxy) is 1. The van der Waals surface area contributed by atoms with E-state index in [1.54, 1.807) is 12.1 Å². The fourth-order valence-corrected chi connectivity index (χ4v) is 4.01. The van der Waals surface area contributed by atoms with E-state index in [0.29, 0.717) is 24.1 Å². The summed E-state index contributed by atoms with van der Waals surface area (Å²) in [5, 5.41) is 0. The molecule has 2 aliphatic rings. The van der Waals surface area contributed by atoms with E-state index in [4.69, 9.17) is 10.5 Å². The molecule has 3 rings (SSSR count). The molecule has 0 bridgehead atoms. The van der Waals surface area contributed by atoms with Crippen molar-refractivity contribution in [3.8, 4) is 0 Å². The van der Waals surface area contributed by atoms with Gasteiger partial charge < -0.3 is 15.4 Å². The van der Waals surface area contributed by atoms with E-state index in [0.717, 1.165) is 50.0 Å². The van der Waals surface area contributed by atoms with Crippen LogP contribution in [0.3, 0.4) is 0 Å². The number of hydrogen-bond donors (Lipinski definition) is 1. The second kappa shape index (κ2) is 7.44. The van der Waals surface area contributed by atoms with Crippen molar-refractivity contribution in [1.82, 2.24) is 4.90 Å². The van der Waals surface area contributed by atoms with Crippen LogP contribution in [0.15, 0.2) is 18.2 Å². The summed E-state index contributed by atoms with van der Waals surface area (Å²) in [5.41, 5.74) is 8.05. The maximum atomic E-state index is 12.9. The number of carbonyl (C=O) groups is 2. The SMILES string of the molecule is COC(=O)c1ccc(N2CCN(C3CCC(CN)CC3)C2=O)c(C)c1. The highest BCUT2D eigenvalue weighted by Gasteiger charge is 2.36. The first kappa shape index (κ1) is 17.7. The normalized spacial score (nSPS) is 23.9. The van der Waals surface area contributed by atoms with Gasteiger partial charge in [-0.1, -0.05) is 0 Å². The minimum atomic E-state index is -0.360. The smallest absolute Gasteiger partial charge is 0.337 e. The van der Waals surface area contributed by atoms with Crippen LogP contribution in [0.5, 0.6) is 0 Å². The van der Waals surface area contributed by atoms with Gasteiger partial charge in [-0.3, -0.25) is 4.90 Å². The number of aryl methyl sites for hydroxylation is 1. The maximum absolute atomic E-state index is 12.9. The summed E-state index contributed by atoms with van der Waals surface area (Å²) >= 11 is 0. The lowest BCUT2D eigenvalue weighted by atomic mass is 9.85. The zero-order valence-electron chi connectivity index (χ0n) is 15.0. The van der Waals surface area contributed by atoms with Crippen molar-refractivity contribution in [1.29, 1.82) is 0 Å². The fourth-order valence-electron chi connectivity index (χ4n) is 4.01. The van der Waals surface area contributed by atoms with Crippen LogP contribution in [-0.2, 0) is 4.74 Å². The third-order valence-corrected chi connectivity index (χ3v) is 5.54. The Morgan fingerprint density at radius 3 is 2.56 bits per heavy atom. The lowest BCUT2D eigenvalue weighted by Gasteiger charge is -2.34. The molecule has 1 saturated carbocycles. The van der Waals surface area contributed by atoms with Crippen LogP contribution >= 0.6 is 0 Å². The number of nitrogens with two attached hydrogens (primary N) is 1. The van der Waals surface area contributed by atoms with Gasteiger partial charge in [0.1, 0.15) is 0 Å². The summed E-state index contributed by atoms with van der Waals surface area (Å²) in [6.45, 7) is 4.12. The van der Waals surface area contributed by atoms with Gasteiger partial charge in [0.25, 0.3) is 0 Å². The van der Waals surface area contributed by atoms with Crippen LogP contribution in [0, 0.1) is 12.8 Å². The molecule has 136 valence electrons. The number of carbonyl (C=O) groups excluding carboxylic acids is 2. The van der Waals surface area contributed by atoms with Gasteiger partial charge in [-0.05, 0) is 68.8 Å². The molecule has 1 aliphatic carbocycles. The molecule has 2 N–H and O–H groups in total. The van der Waals surface area contributed by atoms with E-state index in [1.807, 2.05) is 22.8 Å². The van der Waals surface area contributed by atoms with Crippen molar-refractivity contribution in [2.75, 3.05) is 31.6 Å². The highest BCUT2D eigenvalue weighted by Crippen LogP contribution is 2.32. The summed E-state index contributed by atoms with van der Waals surface area (Å²) in [4.78, 5) is 28.4. The molecule has 2 amide bonds. The van der Waals surface area contributed by atoms with Crippen molar-refractivity contribution in [2.45, 2.75) is 38.6 Å². The number of esters is 1. The summed E-state index contributed by atoms with van der Waals surface area (Å²) in [7, 11) is 1.37. The van der Waals surface area contributed by atoms with Crippen molar-refractivity contribution >= 4 is 17.7 Å². The van der Waals surface area contributed by atoms with Crippen LogP contribution in [0.2, 0.25) is 0 Å². The molecule has 1 saturated heterocycles. The van der Waals surface area contributed by atoms with Crippen LogP contribution < -0.4 is 10.6 Å². The molecule has 25 heavy (non-hydrogen) atoms. The number of urea groups is 1. The Morgan fingerprint density at radius 2 is 1.96 bits per heavy atom. The van der Waals surface area contributed by atoms with Gasteiger partial charge in [-0.2, -0.15) is 0 Å². The Hall–Kier alpha value is -2.08. The number of rotatable bonds is 4. The Kier molecular flexibility index (Phi) is 5.27. The summed E-state index contributed by atoms with van der Waals surface area (Å²) in [6.07, 6.45) is 4.30. The van der Waals surface area contributed by atoms with Crippen molar-refractivity contribution < 1.29 is 14.3 Å². The minimum Gasteiger partial charge on any atom is -0.465 e. The second-order valence-electron chi connectivity index (χ2n) is 7.03. The number of benzene rings is 1. The van der Waals surface area contributed by atoms with Gasteiger partial charge in [0.2, 0.25) is 0 Å². The zero-order valence-corrected chi connectivity index (χ0v) is 15.0. The van der Waals surface area contributed by atoms with E-state index in [1.165, 1.54) is 7.11 Å². The minimum absolute atomic E-state index is 0.0742. The molecule has 1 aromatic rings. The number of methoxy groups -OCH3 is 1. The molecule has 1 aromatic carbocycles. The Bertz CT molecular complexity index is 653. The Labute approximate surface area is 148 Å². The van der Waals surface area contributed by atoms with Gasteiger partial charge >= 0.3 is 12.0 Å². The quantitative estimate of drug-likeness (QED) is 0.851. The maximum Gasteiger partial charge on any atom is 0.337 e. The average molecular weight is 345 g/mol. The molecule has 1 aliphatic heterocycles. The lowest BCUT2D eigenvalue weighted by molar-refractivity contribution is 0.0600. The van der Waals surface area contributed by atoms with E-state index in [2.05, 4.69) is 0 Å². The lowest BCUT2D eigenvalue weighted by Crippen LogP contribution is -2.42. The van der Waals surface area contributed by atoms with Gasteiger partial charge in [0.15, 0.2) is 0 Å². The molecule has 0 aromatic heterocycles. The Morgan fingerprint density at radius 1 is 1.24 bits per heavy atom. The van der Waals surface area contributed by atoms with E-state index in [-0.39, 0.29) is 12.0 Å². The molecule has 0 unspecified atom stereocenters. The van der Waals surface area contributed by atoms with Crippen molar-refractivity contribution in [3.05, 3.63) is 29.3 Å². The number of nitrogens with zero attached hydrogens (tertiary/aromatic N) is 2. The zero-order chi connectivity index (χ0) is 18.0. The number of amides is 2. The monoisotopic (exact) mass is 345 g/mol. The molecule has 0 spiro atoms. The van der Waals surface area contributed by atoms with Crippen LogP contribution in [0.4, 0.5) is 10.5 Å². The third kappa shape index (κ3) is 3.49. The van der Waals surface area contributed by atoms with Gasteiger partial charge in [-0.25, -0.2) is 9.59 Å². The predicted molar refractivity (Wildman–Crippen MR) is 96.8 cm³/mol. The highest BCUT2D eigenvalue weighted by molar-refractivity contribution is 5.96. The first-order valence-corrected chi connectivity index (χ1v) is 9.02. The largest absolute Gasteiger partial charge is 0.465 e. The molecule has 6 heteroatoms. The van der Waals surface area contributed by atoms with Gasteiger partial charge in [0, 0.05) is 24.8 Å². The highest BCUT2D eigenvalue weighted by atomic mass is 16.5. The van der Waals surface area contributed by atoms with E-state index < -0.39 is 0 Å². The molecular formula is C19H27N3O3. The van der Waals surface area contributed by atoms with Crippen LogP contribution in [0.25, 0.3) is 0 Å². The number of anilines is 1. The molecule has 6 nitrogen and oxygen atoms in total. The fraction of sp³-hybridized carbons (Fsp3) is 0.579. The standard InChI is InChI=1S/C19H27N3O3/c1-13-11-15(18(23)25-2)5-8-17(13)22-10-9-21(19(22)24)16-6-3-14(12-20)4-7-16/h5,8,11,14,16H,3-4,6-7,9-10,12,20H2,1-2H3. The summed E-state index contributed by atoms with van der Waals surface area (Å²) in [5.74, 6) is 0.249. The molecule has 2 fully saturated rings. The van der Waals surface area contributed by atoms with E-state index >= 15 is 0 Å². The Balaban J connectivity index is 1.71. The third-order valence-electron chi connectivity index (χ3n) is 5.54. The predicted octanol–water partition coefficient (Wildman–Crippen LogP) is 2.54. The molecule has 1 heterocycles. The van der Waals surface area contributed by atoms with Gasteiger partial charge in [-0.15, -0.1) is 0 Å². The van der Waals surface area contributed by atoms with Crippen LogP contribution in [-0.4, -0.2) is 49.7 Å². The second-order valence-corrected chi connectivity index (χ2v) is 7.03. The number of hydrogen-bond acceptors (Lipinski definition) is 4. The first-order chi connectivity index (χ1) is 12.0. The topological polar surface area (TPSA) is 75.9 Å². The first-order valence-electron chi connectivity index (χ1n) is 9.02. The van der Waals surface area contributed by atoms with Crippen molar-refractivity contribution in [2.24, 2.45) is 11.7 Å².